The highest BCUT2D eigenvalue weighted by Crippen LogP contribution is 2.25. The van der Waals surface area contributed by atoms with E-state index in [2.05, 4.69) is 0 Å². The number of rotatable bonds is 5. The van der Waals surface area contributed by atoms with Crippen molar-refractivity contribution in [1.29, 1.82) is 0 Å². The van der Waals surface area contributed by atoms with E-state index >= 15 is 0 Å². The molecule has 1 aromatic rings. The number of carbonyl (C=O) groups excluding carboxylic acids is 1. The van der Waals surface area contributed by atoms with Gasteiger partial charge in [0.1, 0.15) is 18.0 Å². The number of halogens is 3. The van der Waals surface area contributed by atoms with Crippen molar-refractivity contribution in [3.63, 3.8) is 0 Å². The third kappa shape index (κ3) is 5.36. The van der Waals surface area contributed by atoms with E-state index in [0.29, 0.717) is 11.4 Å². The Morgan fingerprint density at radius 3 is 2.63 bits per heavy atom. The molecule has 1 rings (SSSR count). The normalized spacial score (nSPS) is 10.9. The lowest BCUT2D eigenvalue weighted by Gasteiger charge is -2.10. The van der Waals surface area contributed by atoms with Gasteiger partial charge in [0.2, 0.25) is 0 Å². The largest absolute Gasteiger partial charge is 0.495 e. The Hall–Kier alpha value is -2.12. The summed E-state index contributed by atoms with van der Waals surface area (Å²) < 4.78 is 45.4. The van der Waals surface area contributed by atoms with Crippen LogP contribution in [0.2, 0.25) is 0 Å². The third-order valence-electron chi connectivity index (χ3n) is 2.06. The molecule has 1 amide bonds. The number of nitrogens with one attached hydrogen (secondary N) is 1. The van der Waals surface area contributed by atoms with Crippen molar-refractivity contribution in [3.8, 4) is 11.5 Å². The number of alkyl halides is 3. The fourth-order valence-corrected chi connectivity index (χ4v) is 1.20. The number of hydrogen-bond acceptors (Lipinski definition) is 4. The van der Waals surface area contributed by atoms with Crippen molar-refractivity contribution in [2.24, 2.45) is 0 Å². The number of benzene rings is 1. The number of carbonyl (C=O) groups is 1. The number of methoxy groups -OCH3 is 1. The molecule has 0 bridgehead atoms. The van der Waals surface area contributed by atoms with E-state index in [1.165, 1.54) is 25.3 Å². The van der Waals surface area contributed by atoms with Crippen molar-refractivity contribution in [2.45, 2.75) is 6.18 Å². The van der Waals surface area contributed by atoms with E-state index in [1.54, 1.807) is 5.32 Å². The average Bonchev–Trinajstić information content (AvgIpc) is 2.33. The van der Waals surface area contributed by atoms with Crippen LogP contribution in [0.1, 0.15) is 0 Å². The predicted molar refractivity (Wildman–Crippen MR) is 62.0 cm³/mol. The molecule has 0 aliphatic carbocycles. The van der Waals surface area contributed by atoms with Gasteiger partial charge in [0.15, 0.2) is 6.61 Å². The van der Waals surface area contributed by atoms with Crippen LogP contribution in [0, 0.1) is 0 Å². The van der Waals surface area contributed by atoms with E-state index in [1.807, 2.05) is 0 Å². The Bertz CT molecular complexity index is 449. The molecular formula is C11H13F3N2O3. The van der Waals surface area contributed by atoms with Gasteiger partial charge in [0.25, 0.3) is 5.91 Å². The molecule has 106 valence electrons. The number of ether oxygens (including phenoxy) is 2. The van der Waals surface area contributed by atoms with Crippen LogP contribution in [-0.4, -0.2) is 32.3 Å². The van der Waals surface area contributed by atoms with Crippen molar-refractivity contribution in [2.75, 3.05) is 26.0 Å². The molecule has 0 saturated carbocycles. The summed E-state index contributed by atoms with van der Waals surface area (Å²) in [4.78, 5) is 11.1. The summed E-state index contributed by atoms with van der Waals surface area (Å²) in [6, 6.07) is 4.43. The summed E-state index contributed by atoms with van der Waals surface area (Å²) in [5.41, 5.74) is 5.90. The van der Waals surface area contributed by atoms with Crippen LogP contribution in [-0.2, 0) is 4.79 Å². The van der Waals surface area contributed by atoms with Crippen molar-refractivity contribution in [3.05, 3.63) is 18.2 Å². The summed E-state index contributed by atoms with van der Waals surface area (Å²) in [6.45, 7) is -1.91. The maximum atomic E-state index is 11.8. The molecule has 0 unspecified atom stereocenters. The van der Waals surface area contributed by atoms with Crippen LogP contribution in [0.3, 0.4) is 0 Å². The minimum Gasteiger partial charge on any atom is -0.495 e. The van der Waals surface area contributed by atoms with Gasteiger partial charge in [-0.1, -0.05) is 0 Å². The first-order valence-corrected chi connectivity index (χ1v) is 5.21. The molecule has 0 heterocycles. The van der Waals surface area contributed by atoms with E-state index in [-0.39, 0.29) is 5.75 Å². The second-order valence-electron chi connectivity index (χ2n) is 3.58. The number of nitrogens with two attached hydrogens (primary N) is 1. The van der Waals surface area contributed by atoms with Crippen LogP contribution < -0.4 is 20.5 Å². The molecule has 0 fully saturated rings. The summed E-state index contributed by atoms with van der Waals surface area (Å²) in [7, 11) is 1.44. The van der Waals surface area contributed by atoms with Crippen LogP contribution >= 0.6 is 0 Å². The first kappa shape index (κ1) is 14.9. The minimum atomic E-state index is -4.44. The molecule has 5 nitrogen and oxygen atoms in total. The van der Waals surface area contributed by atoms with Gasteiger partial charge in [-0.2, -0.15) is 13.2 Å². The van der Waals surface area contributed by atoms with Gasteiger partial charge >= 0.3 is 6.18 Å². The molecule has 0 aliphatic rings. The van der Waals surface area contributed by atoms with Crippen LogP contribution in [0.15, 0.2) is 18.2 Å². The Morgan fingerprint density at radius 2 is 2.11 bits per heavy atom. The van der Waals surface area contributed by atoms with Gasteiger partial charge in [-0.3, -0.25) is 4.79 Å². The van der Waals surface area contributed by atoms with Gasteiger partial charge in [0, 0.05) is 6.07 Å². The molecule has 0 radical (unpaired) electrons. The van der Waals surface area contributed by atoms with Crippen molar-refractivity contribution in [1.82, 2.24) is 5.32 Å². The van der Waals surface area contributed by atoms with Gasteiger partial charge in [-0.25, -0.2) is 0 Å². The molecule has 0 spiro atoms. The van der Waals surface area contributed by atoms with Crippen molar-refractivity contribution < 1.29 is 27.4 Å². The molecule has 0 saturated heterocycles. The van der Waals surface area contributed by atoms with Crippen LogP contribution in [0.25, 0.3) is 0 Å². The monoisotopic (exact) mass is 278 g/mol. The zero-order valence-electron chi connectivity index (χ0n) is 10.1. The highest BCUT2D eigenvalue weighted by molar-refractivity contribution is 5.77. The van der Waals surface area contributed by atoms with Gasteiger partial charge < -0.3 is 20.5 Å². The molecule has 0 atom stereocenters. The Morgan fingerprint density at radius 1 is 1.42 bits per heavy atom. The lowest BCUT2D eigenvalue weighted by molar-refractivity contribution is -0.139. The predicted octanol–water partition coefficient (Wildman–Crippen LogP) is 1.33. The Balaban J connectivity index is 2.44. The molecular weight excluding hydrogens is 265 g/mol. The number of amides is 1. The molecule has 0 aliphatic heterocycles. The summed E-state index contributed by atoms with van der Waals surface area (Å²) in [5.74, 6) is -0.166. The minimum absolute atomic E-state index is 0.264. The number of anilines is 1. The maximum absolute atomic E-state index is 11.8. The summed E-state index contributed by atoms with van der Waals surface area (Å²) in [6.07, 6.45) is -4.44. The number of hydrogen-bond donors (Lipinski definition) is 2. The SMILES string of the molecule is COc1ccc(OCC(=O)NCC(F)(F)F)cc1N. The van der Waals surface area contributed by atoms with E-state index < -0.39 is 25.2 Å². The van der Waals surface area contributed by atoms with Crippen LogP contribution in [0.5, 0.6) is 11.5 Å². The van der Waals surface area contributed by atoms with E-state index in [0.717, 1.165) is 0 Å². The van der Waals surface area contributed by atoms with Crippen molar-refractivity contribution >= 4 is 11.6 Å². The number of nitrogen functional groups attached to an aromatic ring is 1. The fraction of sp³-hybridized carbons (Fsp3) is 0.364. The van der Waals surface area contributed by atoms with Gasteiger partial charge in [-0.15, -0.1) is 0 Å². The highest BCUT2D eigenvalue weighted by atomic mass is 19.4. The average molecular weight is 278 g/mol. The first-order valence-electron chi connectivity index (χ1n) is 5.21. The Labute approximate surface area is 107 Å². The zero-order chi connectivity index (χ0) is 14.5. The lowest BCUT2D eigenvalue weighted by Crippen LogP contribution is -2.36. The molecule has 19 heavy (non-hydrogen) atoms. The van der Waals surface area contributed by atoms with E-state index in [4.69, 9.17) is 15.2 Å². The summed E-state index contributed by atoms with van der Waals surface area (Å²) in [5, 5.41) is 1.69. The highest BCUT2D eigenvalue weighted by Gasteiger charge is 2.27. The molecule has 8 heteroatoms. The zero-order valence-corrected chi connectivity index (χ0v) is 10.1. The maximum Gasteiger partial charge on any atom is 0.405 e. The smallest absolute Gasteiger partial charge is 0.405 e. The van der Waals surface area contributed by atoms with Crippen LogP contribution in [0.4, 0.5) is 18.9 Å². The molecule has 1 aromatic carbocycles. The second kappa shape index (κ2) is 6.17. The van der Waals surface area contributed by atoms with E-state index in [9.17, 15) is 18.0 Å². The Kier molecular flexibility index (Phi) is 4.85. The standard InChI is InChI=1S/C11H13F3N2O3/c1-18-9-3-2-7(4-8(9)15)19-5-10(17)16-6-11(12,13)14/h2-4H,5-6,15H2,1H3,(H,16,17). The third-order valence-corrected chi connectivity index (χ3v) is 2.06. The quantitative estimate of drug-likeness (QED) is 0.797. The molecule has 3 N–H and O–H groups in total. The molecule has 0 aromatic heterocycles. The van der Waals surface area contributed by atoms with Gasteiger partial charge in [0.05, 0.1) is 12.8 Å². The topological polar surface area (TPSA) is 73.6 Å². The summed E-state index contributed by atoms with van der Waals surface area (Å²) >= 11 is 0. The fourth-order valence-electron chi connectivity index (χ4n) is 1.20. The first-order chi connectivity index (χ1) is 8.81. The second-order valence-corrected chi connectivity index (χ2v) is 3.58. The van der Waals surface area contributed by atoms with Gasteiger partial charge in [-0.05, 0) is 12.1 Å². The lowest BCUT2D eigenvalue weighted by atomic mass is 10.3.